The van der Waals surface area contributed by atoms with E-state index >= 15 is 0 Å². The third-order valence-corrected chi connectivity index (χ3v) is 3.31. The van der Waals surface area contributed by atoms with E-state index in [4.69, 9.17) is 10.2 Å². The molecule has 0 saturated carbocycles. The molecule has 1 aromatic heterocycles. The quantitative estimate of drug-likeness (QED) is 0.878. The fourth-order valence-corrected chi connectivity index (χ4v) is 2.17. The highest BCUT2D eigenvalue weighted by Crippen LogP contribution is 2.17. The summed E-state index contributed by atoms with van der Waals surface area (Å²) in [7, 11) is 0. The van der Waals surface area contributed by atoms with Gasteiger partial charge in [-0.25, -0.2) is 4.98 Å². The minimum Gasteiger partial charge on any atom is -0.436 e. The minimum atomic E-state index is -0.139. The van der Waals surface area contributed by atoms with Crippen molar-refractivity contribution in [2.24, 2.45) is 0 Å². The monoisotopic (exact) mass is 287 g/mol. The number of hydrogen-bond acceptors (Lipinski definition) is 4. The van der Waals surface area contributed by atoms with Gasteiger partial charge in [-0.2, -0.15) is 0 Å². The predicted octanol–water partition coefficient (Wildman–Crippen LogP) is 2.92. The number of nitrogen functional groups attached to an aromatic ring is 1. The fourth-order valence-electron chi connectivity index (χ4n) is 2.17. The van der Waals surface area contributed by atoms with Crippen LogP contribution in [-0.4, -0.2) is 21.8 Å². The van der Waals surface area contributed by atoms with E-state index < -0.39 is 0 Å². The average Bonchev–Trinajstić information content (AvgIpc) is 2.76. The van der Waals surface area contributed by atoms with E-state index in [0.717, 1.165) is 5.56 Å². The zero-order chi connectivity index (χ0) is 15.6. The molecule has 0 aliphatic rings. The van der Waals surface area contributed by atoms with Crippen LogP contribution in [0.3, 0.4) is 0 Å². The van der Waals surface area contributed by atoms with Crippen LogP contribution in [0.2, 0.25) is 0 Å². The smallest absolute Gasteiger partial charge is 0.292 e. The fraction of sp³-hybridized carbons (Fsp3) is 0.375. The summed E-state index contributed by atoms with van der Waals surface area (Å²) in [6.45, 7) is 7.99. The molecule has 2 N–H and O–H groups in total. The molecular formula is C16H21N3O2. The Morgan fingerprint density at radius 1 is 1.29 bits per heavy atom. The van der Waals surface area contributed by atoms with Gasteiger partial charge < -0.3 is 15.1 Å². The van der Waals surface area contributed by atoms with Gasteiger partial charge in [-0.15, -0.1) is 0 Å². The lowest BCUT2D eigenvalue weighted by Crippen LogP contribution is -2.36. The first-order valence-electron chi connectivity index (χ1n) is 6.98. The van der Waals surface area contributed by atoms with Gasteiger partial charge in [-0.1, -0.05) is 12.1 Å². The Bertz CT molecular complexity index is 629. The molecule has 0 radical (unpaired) electrons. The maximum Gasteiger partial charge on any atom is 0.292 e. The average molecular weight is 287 g/mol. The highest BCUT2D eigenvalue weighted by molar-refractivity contribution is 5.92. The molecule has 0 unspecified atom stereocenters. The van der Waals surface area contributed by atoms with Crippen molar-refractivity contribution in [3.63, 3.8) is 0 Å². The van der Waals surface area contributed by atoms with Crippen LogP contribution in [0, 0.1) is 13.8 Å². The molecule has 1 amide bonds. The van der Waals surface area contributed by atoms with E-state index in [1.165, 1.54) is 0 Å². The Morgan fingerprint density at radius 2 is 1.90 bits per heavy atom. The van der Waals surface area contributed by atoms with Crippen molar-refractivity contribution >= 4 is 11.6 Å². The van der Waals surface area contributed by atoms with Crippen molar-refractivity contribution in [2.75, 3.05) is 5.73 Å². The van der Waals surface area contributed by atoms with Crippen molar-refractivity contribution in [3.05, 3.63) is 47.2 Å². The number of benzene rings is 1. The van der Waals surface area contributed by atoms with Crippen molar-refractivity contribution in [1.29, 1.82) is 0 Å². The van der Waals surface area contributed by atoms with Crippen LogP contribution in [0.1, 0.15) is 41.6 Å². The van der Waals surface area contributed by atoms with Crippen molar-refractivity contribution in [2.45, 2.75) is 40.3 Å². The molecule has 0 bridgehead atoms. The van der Waals surface area contributed by atoms with Crippen LogP contribution < -0.4 is 5.73 Å². The van der Waals surface area contributed by atoms with E-state index in [-0.39, 0.29) is 11.9 Å². The Hall–Kier alpha value is -2.30. The summed E-state index contributed by atoms with van der Waals surface area (Å²) in [5.74, 6) is 0.684. The first-order valence-corrected chi connectivity index (χ1v) is 6.98. The van der Waals surface area contributed by atoms with Gasteiger partial charge in [0.25, 0.3) is 5.91 Å². The Kier molecular flexibility index (Phi) is 4.31. The molecule has 5 nitrogen and oxygen atoms in total. The van der Waals surface area contributed by atoms with Crippen LogP contribution in [-0.2, 0) is 6.54 Å². The zero-order valence-electron chi connectivity index (χ0n) is 12.9. The molecule has 1 aromatic carbocycles. The summed E-state index contributed by atoms with van der Waals surface area (Å²) in [6, 6.07) is 7.58. The maximum atomic E-state index is 12.7. The third-order valence-electron chi connectivity index (χ3n) is 3.31. The normalized spacial score (nSPS) is 10.9. The third kappa shape index (κ3) is 3.42. The lowest BCUT2D eigenvalue weighted by atomic mass is 10.1. The summed E-state index contributed by atoms with van der Waals surface area (Å²) in [6.07, 6.45) is 0. The van der Waals surface area contributed by atoms with Crippen LogP contribution in [0.15, 0.2) is 28.7 Å². The number of nitrogens with zero attached hydrogens (tertiary/aromatic N) is 2. The summed E-state index contributed by atoms with van der Waals surface area (Å²) >= 11 is 0. The van der Waals surface area contributed by atoms with Gasteiger partial charge in [-0.3, -0.25) is 4.79 Å². The molecule has 2 rings (SSSR count). The number of nitrogens with two attached hydrogens (primary N) is 1. The lowest BCUT2D eigenvalue weighted by molar-refractivity contribution is 0.0655. The van der Waals surface area contributed by atoms with E-state index in [1.807, 2.05) is 38.1 Å². The number of carbonyl (C=O) groups is 1. The van der Waals surface area contributed by atoms with Crippen molar-refractivity contribution in [3.8, 4) is 0 Å². The van der Waals surface area contributed by atoms with Gasteiger partial charge in [0.15, 0.2) is 5.89 Å². The lowest BCUT2D eigenvalue weighted by Gasteiger charge is -2.26. The molecule has 21 heavy (non-hydrogen) atoms. The molecule has 0 atom stereocenters. The molecule has 1 heterocycles. The second-order valence-electron chi connectivity index (χ2n) is 5.42. The first-order chi connectivity index (χ1) is 9.88. The molecule has 0 spiro atoms. The first kappa shape index (κ1) is 15.1. The Balaban J connectivity index is 2.24. The highest BCUT2D eigenvalue weighted by atomic mass is 16.4. The van der Waals surface area contributed by atoms with Crippen LogP contribution in [0.25, 0.3) is 0 Å². The van der Waals surface area contributed by atoms with Crippen LogP contribution in [0.4, 0.5) is 5.69 Å². The summed E-state index contributed by atoms with van der Waals surface area (Å²) < 4.78 is 5.44. The van der Waals surface area contributed by atoms with Gasteiger partial charge >= 0.3 is 0 Å². The van der Waals surface area contributed by atoms with Gasteiger partial charge in [0, 0.05) is 25.2 Å². The number of amides is 1. The molecule has 0 aliphatic heterocycles. The number of aryl methyl sites for hydroxylation is 2. The van der Waals surface area contributed by atoms with Gasteiger partial charge in [0.2, 0.25) is 5.76 Å². The number of anilines is 1. The van der Waals surface area contributed by atoms with Gasteiger partial charge in [0.05, 0.1) is 5.69 Å². The van der Waals surface area contributed by atoms with Gasteiger partial charge in [-0.05, 0) is 38.5 Å². The van der Waals surface area contributed by atoms with E-state index in [0.29, 0.717) is 29.6 Å². The molecule has 0 fully saturated rings. The number of aromatic nitrogens is 1. The van der Waals surface area contributed by atoms with Crippen molar-refractivity contribution < 1.29 is 9.21 Å². The molecule has 2 aromatic rings. The van der Waals surface area contributed by atoms with Gasteiger partial charge in [0.1, 0.15) is 0 Å². The number of rotatable bonds is 4. The second-order valence-corrected chi connectivity index (χ2v) is 5.42. The maximum absolute atomic E-state index is 12.7. The summed E-state index contributed by atoms with van der Waals surface area (Å²) in [5.41, 5.74) is 8.05. The van der Waals surface area contributed by atoms with Crippen LogP contribution in [0.5, 0.6) is 0 Å². The van der Waals surface area contributed by atoms with Crippen LogP contribution >= 0.6 is 0 Å². The Labute approximate surface area is 124 Å². The predicted molar refractivity (Wildman–Crippen MR) is 81.8 cm³/mol. The summed E-state index contributed by atoms with van der Waals surface area (Å²) in [5, 5.41) is 0. The van der Waals surface area contributed by atoms with E-state index in [9.17, 15) is 4.79 Å². The van der Waals surface area contributed by atoms with E-state index in [2.05, 4.69) is 4.98 Å². The standard InChI is InChI=1S/C16H21N3O2/c1-10(2)19(9-13-5-7-14(17)8-6-13)16(20)15-11(3)18-12(4)21-15/h5-8,10H,9,17H2,1-4H3. The largest absolute Gasteiger partial charge is 0.436 e. The molecule has 0 aliphatic carbocycles. The topological polar surface area (TPSA) is 72.4 Å². The zero-order valence-corrected chi connectivity index (χ0v) is 12.9. The summed E-state index contributed by atoms with van der Waals surface area (Å²) in [4.78, 5) is 18.6. The number of carbonyl (C=O) groups excluding carboxylic acids is 1. The van der Waals surface area contributed by atoms with Crippen molar-refractivity contribution in [1.82, 2.24) is 9.88 Å². The number of oxazole rings is 1. The highest BCUT2D eigenvalue weighted by Gasteiger charge is 2.24. The molecule has 112 valence electrons. The molecule has 5 heteroatoms. The van der Waals surface area contributed by atoms with E-state index in [1.54, 1.807) is 18.7 Å². The molecular weight excluding hydrogens is 266 g/mol. The SMILES string of the molecule is Cc1nc(C)c(C(=O)N(Cc2ccc(N)cc2)C(C)C)o1. The molecule has 0 saturated heterocycles. The minimum absolute atomic E-state index is 0.0554. The Morgan fingerprint density at radius 3 is 2.38 bits per heavy atom. The second kappa shape index (κ2) is 5.99. The number of hydrogen-bond donors (Lipinski definition) is 1.